The van der Waals surface area contributed by atoms with Gasteiger partial charge >= 0.3 is 0 Å². The van der Waals surface area contributed by atoms with E-state index < -0.39 is 0 Å². The third-order valence-electron chi connectivity index (χ3n) is 4.22. The predicted octanol–water partition coefficient (Wildman–Crippen LogP) is 3.69. The van der Waals surface area contributed by atoms with Gasteiger partial charge in [0.2, 0.25) is 0 Å². The number of anilines is 1. The maximum absolute atomic E-state index is 11.6. The molecule has 19 heavy (non-hydrogen) atoms. The van der Waals surface area contributed by atoms with E-state index in [1.165, 1.54) is 25.7 Å². The number of hydrogen-bond donors (Lipinski definition) is 0. The summed E-state index contributed by atoms with van der Waals surface area (Å²) in [4.78, 5) is 18.2. The molecule has 0 saturated heterocycles. The zero-order chi connectivity index (χ0) is 13.8. The lowest BCUT2D eigenvalue weighted by Gasteiger charge is -2.35. The zero-order valence-corrected chi connectivity index (χ0v) is 12.2. The first-order valence-electron chi connectivity index (χ1n) is 7.34. The summed E-state index contributed by atoms with van der Waals surface area (Å²) >= 11 is 0. The van der Waals surface area contributed by atoms with Crippen molar-refractivity contribution in [2.45, 2.75) is 52.0 Å². The highest BCUT2D eigenvalue weighted by molar-refractivity contribution is 5.94. The smallest absolute Gasteiger partial charge is 0.180 e. The molecule has 2 unspecified atom stereocenters. The molecule has 1 fully saturated rings. The third-order valence-corrected chi connectivity index (χ3v) is 4.22. The van der Waals surface area contributed by atoms with Crippen LogP contribution in [0.1, 0.15) is 56.4 Å². The second-order valence-electron chi connectivity index (χ2n) is 5.71. The summed E-state index contributed by atoms with van der Waals surface area (Å²) in [6.07, 6.45) is 7.54. The predicted molar refractivity (Wildman–Crippen MR) is 78.7 cm³/mol. The molecular weight excluding hydrogens is 236 g/mol. The minimum absolute atomic E-state index is 0.112. The second-order valence-corrected chi connectivity index (χ2v) is 5.71. The molecule has 0 radical (unpaired) electrons. The molecule has 0 spiro atoms. The first-order chi connectivity index (χ1) is 9.11. The van der Waals surface area contributed by atoms with Crippen molar-refractivity contribution in [2.75, 3.05) is 11.9 Å². The average Bonchev–Trinajstić information content (AvgIpc) is 2.46. The molecule has 0 aromatic carbocycles. The molecule has 0 amide bonds. The molecule has 1 saturated carbocycles. The third kappa shape index (κ3) is 3.34. The molecule has 0 N–H and O–H groups in total. The second kappa shape index (κ2) is 6.18. The summed E-state index contributed by atoms with van der Waals surface area (Å²) in [5.41, 5.74) is 1.70. The van der Waals surface area contributed by atoms with Gasteiger partial charge in [-0.3, -0.25) is 9.78 Å². The van der Waals surface area contributed by atoms with Gasteiger partial charge < -0.3 is 4.90 Å². The first-order valence-corrected chi connectivity index (χ1v) is 7.34. The molecule has 1 aromatic heterocycles. The van der Waals surface area contributed by atoms with E-state index in [0.717, 1.165) is 11.6 Å². The van der Waals surface area contributed by atoms with Crippen LogP contribution >= 0.6 is 0 Å². The van der Waals surface area contributed by atoms with Crippen molar-refractivity contribution in [3.63, 3.8) is 0 Å². The van der Waals surface area contributed by atoms with Crippen LogP contribution in [-0.4, -0.2) is 23.9 Å². The highest BCUT2D eigenvalue weighted by atomic mass is 16.1. The minimum Gasteiger partial charge on any atom is -0.370 e. The van der Waals surface area contributed by atoms with Gasteiger partial charge in [0.25, 0.3) is 0 Å². The number of hydrogen-bond acceptors (Lipinski definition) is 3. The quantitative estimate of drug-likeness (QED) is 0.774. The van der Waals surface area contributed by atoms with E-state index >= 15 is 0 Å². The van der Waals surface area contributed by atoms with E-state index in [4.69, 9.17) is 0 Å². The van der Waals surface area contributed by atoms with Crippen LogP contribution in [0.25, 0.3) is 0 Å². The normalized spacial score (nSPS) is 23.1. The van der Waals surface area contributed by atoms with E-state index in [9.17, 15) is 4.79 Å². The summed E-state index contributed by atoms with van der Waals surface area (Å²) in [6.45, 7) is 4.20. The minimum atomic E-state index is 0.112. The van der Waals surface area contributed by atoms with Gasteiger partial charge in [0.05, 0.1) is 11.9 Å². The molecule has 1 heterocycles. The van der Waals surface area contributed by atoms with Crippen molar-refractivity contribution >= 4 is 11.5 Å². The number of pyridine rings is 1. The van der Waals surface area contributed by atoms with Crippen LogP contribution in [0.15, 0.2) is 18.3 Å². The Bertz CT molecular complexity index is 427. The number of aromatic nitrogens is 1. The Morgan fingerprint density at radius 1 is 1.42 bits per heavy atom. The van der Waals surface area contributed by atoms with Gasteiger partial charge in [-0.05, 0) is 30.9 Å². The van der Waals surface area contributed by atoms with Gasteiger partial charge in [0.15, 0.2) is 5.78 Å². The van der Waals surface area contributed by atoms with Crippen LogP contribution < -0.4 is 4.90 Å². The fourth-order valence-corrected chi connectivity index (χ4v) is 2.91. The molecule has 3 heteroatoms. The van der Waals surface area contributed by atoms with E-state index in [0.29, 0.717) is 18.2 Å². The lowest BCUT2D eigenvalue weighted by molar-refractivity contribution is 0.0983. The van der Waals surface area contributed by atoms with Gasteiger partial charge in [-0.2, -0.15) is 0 Å². The molecule has 1 aromatic rings. The molecule has 1 aliphatic carbocycles. The molecule has 2 atom stereocenters. The van der Waals surface area contributed by atoms with Gasteiger partial charge in [-0.25, -0.2) is 0 Å². The van der Waals surface area contributed by atoms with Crippen LogP contribution in [0.5, 0.6) is 0 Å². The Morgan fingerprint density at radius 2 is 2.21 bits per heavy atom. The van der Waals surface area contributed by atoms with E-state index in [-0.39, 0.29) is 5.78 Å². The molecule has 0 aliphatic heterocycles. The summed E-state index contributed by atoms with van der Waals surface area (Å²) < 4.78 is 0. The van der Waals surface area contributed by atoms with Crippen molar-refractivity contribution in [1.29, 1.82) is 0 Å². The van der Waals surface area contributed by atoms with Gasteiger partial charge in [-0.1, -0.05) is 26.7 Å². The van der Waals surface area contributed by atoms with Gasteiger partial charge in [-0.15, -0.1) is 0 Å². The van der Waals surface area contributed by atoms with Crippen molar-refractivity contribution in [3.8, 4) is 0 Å². The van der Waals surface area contributed by atoms with Crippen LogP contribution in [-0.2, 0) is 0 Å². The number of carbonyl (C=O) groups excluding carboxylic acids is 1. The molecule has 1 aliphatic rings. The Morgan fingerprint density at radius 3 is 2.79 bits per heavy atom. The first kappa shape index (κ1) is 14.0. The molecular formula is C16H24N2O. The fourth-order valence-electron chi connectivity index (χ4n) is 2.91. The van der Waals surface area contributed by atoms with Crippen LogP contribution in [0.4, 0.5) is 5.69 Å². The Balaban J connectivity index is 2.06. The topological polar surface area (TPSA) is 33.2 Å². The largest absolute Gasteiger partial charge is 0.370 e. The van der Waals surface area contributed by atoms with Crippen LogP contribution in [0.3, 0.4) is 0 Å². The lowest BCUT2D eigenvalue weighted by atomic mass is 9.86. The van der Waals surface area contributed by atoms with E-state index in [1.807, 2.05) is 25.3 Å². The number of nitrogens with zero attached hydrogens (tertiary/aromatic N) is 2. The molecule has 3 nitrogen and oxygen atoms in total. The lowest BCUT2D eigenvalue weighted by Crippen LogP contribution is -2.35. The van der Waals surface area contributed by atoms with Crippen molar-refractivity contribution < 1.29 is 4.79 Å². The average molecular weight is 260 g/mol. The number of carbonyl (C=O) groups is 1. The monoisotopic (exact) mass is 260 g/mol. The Labute approximate surface area is 116 Å². The standard InChI is InChI=1S/C16H24N2O/c1-4-16(19)15-9-8-14(11-17-15)18(3)13-7-5-6-12(2)10-13/h8-9,11-13H,4-7,10H2,1-3H3. The number of ketones is 1. The summed E-state index contributed by atoms with van der Waals surface area (Å²) in [5.74, 6) is 0.926. The Hall–Kier alpha value is -1.38. The van der Waals surface area contributed by atoms with Crippen molar-refractivity contribution in [3.05, 3.63) is 24.0 Å². The van der Waals surface area contributed by atoms with Gasteiger partial charge in [0, 0.05) is 19.5 Å². The maximum atomic E-state index is 11.6. The summed E-state index contributed by atoms with van der Waals surface area (Å²) in [6, 6.07) is 4.48. The number of rotatable bonds is 4. The highest BCUT2D eigenvalue weighted by Crippen LogP contribution is 2.29. The Kier molecular flexibility index (Phi) is 4.56. The van der Waals surface area contributed by atoms with Gasteiger partial charge in [0.1, 0.15) is 5.69 Å². The SMILES string of the molecule is CCC(=O)c1ccc(N(C)C2CCCC(C)C2)cn1. The number of Topliss-reactive ketones (excluding diaryl/α,β-unsaturated/α-hetero) is 1. The maximum Gasteiger partial charge on any atom is 0.180 e. The van der Waals surface area contributed by atoms with Crippen LogP contribution in [0, 0.1) is 5.92 Å². The highest BCUT2D eigenvalue weighted by Gasteiger charge is 2.22. The summed E-state index contributed by atoms with van der Waals surface area (Å²) in [7, 11) is 2.14. The zero-order valence-electron chi connectivity index (χ0n) is 12.2. The van der Waals surface area contributed by atoms with E-state index in [1.54, 1.807) is 0 Å². The fraction of sp³-hybridized carbons (Fsp3) is 0.625. The van der Waals surface area contributed by atoms with E-state index in [2.05, 4.69) is 23.9 Å². The molecule has 0 bridgehead atoms. The summed E-state index contributed by atoms with van der Waals surface area (Å²) in [5, 5.41) is 0. The van der Waals surface area contributed by atoms with Crippen molar-refractivity contribution in [2.24, 2.45) is 5.92 Å². The van der Waals surface area contributed by atoms with Crippen molar-refractivity contribution in [1.82, 2.24) is 4.98 Å². The molecule has 104 valence electrons. The molecule has 2 rings (SSSR count). The van der Waals surface area contributed by atoms with Crippen LogP contribution in [0.2, 0.25) is 0 Å².